The average Bonchev–Trinajstić information content (AvgIpc) is 0.907. The molecule has 0 saturated carbocycles. The predicted octanol–water partition coefficient (Wildman–Crippen LogP) is 27.0. The Hall–Kier alpha value is -1.94. The standard InChI is InChI=1S/C88H172O17P2/c1-7-9-11-13-15-17-19-21-23-25-27-28-29-30-32-34-36-41-47-54-60-66-72-87(92)104-83(76-98-85(90)70-64-58-52-46-40-35-33-31-26-24-22-20-18-16-14-12-10-8-2)78-102-106(94,95)100-74-82(89)75-101-107(96,97)103-79-84(77-99-86(91)71-65-59-53-49-43-45-51-57-63-69-81(5)6)105-88(93)73-67-61-55-48-42-38-37-39-44-50-56-62-68-80(3)4/h80-84,89H,7-79H2,1-6H3,(H,94,95)(H,96,97)/t82-,83-,84-/m1/s1. The molecule has 636 valence electrons. The first-order valence-electron chi connectivity index (χ1n) is 45.5. The lowest BCUT2D eigenvalue weighted by molar-refractivity contribution is -0.161. The Labute approximate surface area is 658 Å². The molecule has 0 aliphatic rings. The molecule has 0 spiro atoms. The number of ether oxygens (including phenoxy) is 4. The number of unbranched alkanes of at least 4 members (excludes halogenated alkanes) is 57. The van der Waals surface area contributed by atoms with Crippen LogP contribution in [0.2, 0.25) is 0 Å². The maximum absolute atomic E-state index is 13.2. The Balaban J connectivity index is 5.24. The summed E-state index contributed by atoms with van der Waals surface area (Å²) in [7, 11) is -9.93. The van der Waals surface area contributed by atoms with E-state index in [4.69, 9.17) is 37.0 Å². The molecular formula is C88H172O17P2. The first-order valence-corrected chi connectivity index (χ1v) is 48.5. The van der Waals surface area contributed by atoms with E-state index < -0.39 is 97.5 Å². The van der Waals surface area contributed by atoms with Crippen molar-refractivity contribution < 1.29 is 80.2 Å². The van der Waals surface area contributed by atoms with Crippen LogP contribution in [0.4, 0.5) is 0 Å². The average molecular weight is 1560 g/mol. The van der Waals surface area contributed by atoms with Crippen LogP contribution >= 0.6 is 15.6 Å². The van der Waals surface area contributed by atoms with Gasteiger partial charge in [-0.2, -0.15) is 0 Å². The van der Waals surface area contributed by atoms with Gasteiger partial charge in [-0.1, -0.05) is 420 Å². The normalized spacial score (nSPS) is 13.8. The summed E-state index contributed by atoms with van der Waals surface area (Å²) in [6, 6.07) is 0. The summed E-state index contributed by atoms with van der Waals surface area (Å²) in [6.45, 7) is 9.67. The first-order chi connectivity index (χ1) is 51.9. The third kappa shape index (κ3) is 81.9. The van der Waals surface area contributed by atoms with Gasteiger partial charge in [-0.25, -0.2) is 9.13 Å². The summed E-state index contributed by atoms with van der Waals surface area (Å²) >= 11 is 0. The molecule has 0 aromatic heterocycles. The Morgan fingerprint density at radius 2 is 0.430 bits per heavy atom. The fraction of sp³-hybridized carbons (Fsp3) is 0.955. The quantitative estimate of drug-likeness (QED) is 0.0222. The van der Waals surface area contributed by atoms with Gasteiger partial charge >= 0.3 is 39.5 Å². The van der Waals surface area contributed by atoms with E-state index in [1.807, 2.05) is 0 Å². The number of aliphatic hydroxyl groups is 1. The fourth-order valence-corrected chi connectivity index (χ4v) is 15.4. The van der Waals surface area contributed by atoms with Crippen molar-refractivity contribution in [2.45, 2.75) is 490 Å². The van der Waals surface area contributed by atoms with Crippen LogP contribution in [0, 0.1) is 11.8 Å². The third-order valence-electron chi connectivity index (χ3n) is 20.7. The Bertz CT molecular complexity index is 2050. The lowest BCUT2D eigenvalue weighted by Crippen LogP contribution is -2.30. The van der Waals surface area contributed by atoms with E-state index in [9.17, 15) is 43.2 Å². The van der Waals surface area contributed by atoms with Crippen LogP contribution in [-0.4, -0.2) is 96.7 Å². The molecular weight excluding hydrogens is 1390 g/mol. The van der Waals surface area contributed by atoms with Crippen molar-refractivity contribution in [2.75, 3.05) is 39.6 Å². The molecule has 0 aliphatic carbocycles. The van der Waals surface area contributed by atoms with Gasteiger partial charge in [-0.3, -0.25) is 37.3 Å². The second-order valence-corrected chi connectivity index (χ2v) is 35.5. The molecule has 107 heavy (non-hydrogen) atoms. The number of aliphatic hydroxyl groups excluding tert-OH is 1. The molecule has 0 rings (SSSR count). The van der Waals surface area contributed by atoms with Gasteiger partial charge in [0.25, 0.3) is 0 Å². The maximum atomic E-state index is 13.2. The van der Waals surface area contributed by atoms with E-state index >= 15 is 0 Å². The van der Waals surface area contributed by atoms with Crippen molar-refractivity contribution in [1.29, 1.82) is 0 Å². The highest BCUT2D eigenvalue weighted by molar-refractivity contribution is 7.47. The number of esters is 4. The highest BCUT2D eigenvalue weighted by Gasteiger charge is 2.30. The highest BCUT2D eigenvalue weighted by atomic mass is 31.2. The lowest BCUT2D eigenvalue weighted by atomic mass is 10.0. The number of hydrogen-bond donors (Lipinski definition) is 3. The summed E-state index contributed by atoms with van der Waals surface area (Å²) in [5.41, 5.74) is 0. The second kappa shape index (κ2) is 79.3. The first kappa shape index (κ1) is 105. The van der Waals surface area contributed by atoms with E-state index in [0.29, 0.717) is 25.7 Å². The maximum Gasteiger partial charge on any atom is 0.472 e. The predicted molar refractivity (Wildman–Crippen MR) is 442 cm³/mol. The number of carbonyl (C=O) groups excluding carboxylic acids is 4. The molecule has 3 N–H and O–H groups in total. The van der Waals surface area contributed by atoms with Crippen molar-refractivity contribution in [3.8, 4) is 0 Å². The largest absolute Gasteiger partial charge is 0.472 e. The second-order valence-electron chi connectivity index (χ2n) is 32.6. The Morgan fingerprint density at radius 1 is 0.252 bits per heavy atom. The minimum absolute atomic E-state index is 0.107. The lowest BCUT2D eigenvalue weighted by Gasteiger charge is -2.21. The molecule has 5 atom stereocenters. The van der Waals surface area contributed by atoms with Gasteiger partial charge in [0.05, 0.1) is 26.4 Å². The highest BCUT2D eigenvalue weighted by Crippen LogP contribution is 2.45. The van der Waals surface area contributed by atoms with Crippen LogP contribution in [0.1, 0.15) is 472 Å². The van der Waals surface area contributed by atoms with Crippen LogP contribution < -0.4 is 0 Å². The fourth-order valence-electron chi connectivity index (χ4n) is 13.8. The van der Waals surface area contributed by atoms with Gasteiger partial charge < -0.3 is 33.8 Å². The van der Waals surface area contributed by atoms with Gasteiger partial charge in [-0.15, -0.1) is 0 Å². The monoisotopic (exact) mass is 1560 g/mol. The minimum atomic E-state index is -4.97. The van der Waals surface area contributed by atoms with E-state index in [2.05, 4.69) is 41.5 Å². The van der Waals surface area contributed by atoms with Gasteiger partial charge in [0.2, 0.25) is 0 Å². The van der Waals surface area contributed by atoms with Crippen LogP contribution in [0.25, 0.3) is 0 Å². The summed E-state index contributed by atoms with van der Waals surface area (Å²) < 4.78 is 69.0. The van der Waals surface area contributed by atoms with Gasteiger partial charge in [-0.05, 0) is 37.5 Å². The van der Waals surface area contributed by atoms with Crippen molar-refractivity contribution in [3.63, 3.8) is 0 Å². The van der Waals surface area contributed by atoms with Crippen molar-refractivity contribution >= 4 is 39.5 Å². The molecule has 0 radical (unpaired) electrons. The number of carbonyl (C=O) groups is 4. The molecule has 19 heteroatoms. The SMILES string of the molecule is CCCCCCCCCCCCCCCCCCCCCCCCC(=O)O[C@H](COC(=O)CCCCCCCCCCCCCCCCCCCC)COP(=O)(O)OC[C@@H](O)COP(=O)(O)OC[C@@H](COC(=O)CCCCCCCCCCCC(C)C)OC(=O)CCCCCCCCCCCCCCC(C)C. The molecule has 0 aromatic carbocycles. The van der Waals surface area contributed by atoms with E-state index in [1.54, 1.807) is 0 Å². The number of phosphoric acid groups is 2. The number of hydrogen-bond acceptors (Lipinski definition) is 15. The summed E-state index contributed by atoms with van der Waals surface area (Å²) in [4.78, 5) is 73.3. The minimum Gasteiger partial charge on any atom is -0.462 e. The molecule has 0 saturated heterocycles. The van der Waals surface area contributed by atoms with Crippen molar-refractivity contribution in [1.82, 2.24) is 0 Å². The third-order valence-corrected chi connectivity index (χ3v) is 22.6. The molecule has 0 bridgehead atoms. The number of rotatable bonds is 87. The number of phosphoric ester groups is 2. The van der Waals surface area contributed by atoms with E-state index in [0.717, 1.165) is 102 Å². The summed E-state index contributed by atoms with van der Waals surface area (Å²) in [5, 5.41) is 10.7. The van der Waals surface area contributed by atoms with Crippen molar-refractivity contribution in [2.24, 2.45) is 11.8 Å². The van der Waals surface area contributed by atoms with Gasteiger partial charge in [0.1, 0.15) is 19.3 Å². The van der Waals surface area contributed by atoms with E-state index in [-0.39, 0.29) is 25.7 Å². The van der Waals surface area contributed by atoms with Crippen LogP contribution in [0.5, 0.6) is 0 Å². The van der Waals surface area contributed by atoms with Crippen LogP contribution in [0.3, 0.4) is 0 Å². The van der Waals surface area contributed by atoms with Gasteiger partial charge in [0, 0.05) is 25.7 Å². The molecule has 0 aliphatic heterocycles. The Morgan fingerprint density at radius 3 is 0.636 bits per heavy atom. The zero-order chi connectivity index (χ0) is 78.5. The summed E-state index contributed by atoms with van der Waals surface area (Å²) in [6.07, 6.45) is 72.3. The zero-order valence-corrected chi connectivity index (χ0v) is 72.2. The Kier molecular flexibility index (Phi) is 77.9. The van der Waals surface area contributed by atoms with E-state index in [1.165, 1.54) is 289 Å². The molecule has 0 aromatic rings. The smallest absolute Gasteiger partial charge is 0.462 e. The zero-order valence-electron chi connectivity index (χ0n) is 70.5. The van der Waals surface area contributed by atoms with Crippen molar-refractivity contribution in [3.05, 3.63) is 0 Å². The molecule has 0 heterocycles. The molecule has 17 nitrogen and oxygen atoms in total. The summed E-state index contributed by atoms with van der Waals surface area (Å²) in [5.74, 6) is -0.580. The van der Waals surface area contributed by atoms with Gasteiger partial charge in [0.15, 0.2) is 12.2 Å². The van der Waals surface area contributed by atoms with Crippen LogP contribution in [-0.2, 0) is 65.4 Å². The molecule has 0 fully saturated rings. The topological polar surface area (TPSA) is 237 Å². The molecule has 2 unspecified atom stereocenters. The molecule has 0 amide bonds. The van der Waals surface area contributed by atoms with Crippen LogP contribution in [0.15, 0.2) is 0 Å².